The van der Waals surface area contributed by atoms with E-state index in [0.29, 0.717) is 0 Å². The molecule has 1 saturated heterocycles. The molecule has 2 rings (SSSR count). The van der Waals surface area contributed by atoms with E-state index in [2.05, 4.69) is 0 Å². The minimum atomic E-state index is -0.0525. The van der Waals surface area contributed by atoms with Crippen molar-refractivity contribution in [2.75, 3.05) is 13.7 Å². The second-order valence-electron chi connectivity index (χ2n) is 4.81. The molecule has 2 aliphatic rings. The number of esters is 1. The Balaban J connectivity index is 1.99. The van der Waals surface area contributed by atoms with Crippen molar-refractivity contribution in [1.29, 1.82) is 0 Å². The molecule has 1 heterocycles. The largest absolute Gasteiger partial charge is 0.469 e. The van der Waals surface area contributed by atoms with Gasteiger partial charge in [0.25, 0.3) is 0 Å². The Kier molecular flexibility index (Phi) is 3.29. The van der Waals surface area contributed by atoms with Crippen molar-refractivity contribution < 1.29 is 14.3 Å². The predicted octanol–water partition coefficient (Wildman–Crippen LogP) is 2.29. The van der Waals surface area contributed by atoms with Crippen LogP contribution in [0.5, 0.6) is 0 Å². The van der Waals surface area contributed by atoms with E-state index in [1.165, 1.54) is 26.4 Å². The molecule has 1 atom stereocenters. The van der Waals surface area contributed by atoms with Crippen LogP contribution >= 0.6 is 0 Å². The zero-order valence-electron chi connectivity index (χ0n) is 9.46. The van der Waals surface area contributed by atoms with Crippen LogP contribution in [0.4, 0.5) is 0 Å². The molecular formula is C12H20O3. The highest BCUT2D eigenvalue weighted by Crippen LogP contribution is 2.40. The molecule has 15 heavy (non-hydrogen) atoms. The molecule has 2 fully saturated rings. The molecule has 0 aromatic heterocycles. The van der Waals surface area contributed by atoms with Crippen LogP contribution in [0, 0.1) is 5.92 Å². The van der Waals surface area contributed by atoms with E-state index >= 15 is 0 Å². The van der Waals surface area contributed by atoms with Gasteiger partial charge in [0.1, 0.15) is 0 Å². The van der Waals surface area contributed by atoms with E-state index in [1.54, 1.807) is 0 Å². The molecule has 0 aromatic rings. The van der Waals surface area contributed by atoms with Gasteiger partial charge < -0.3 is 9.47 Å². The van der Waals surface area contributed by atoms with E-state index in [-0.39, 0.29) is 17.5 Å². The first kappa shape index (κ1) is 10.9. The van der Waals surface area contributed by atoms with Crippen LogP contribution in [0.1, 0.15) is 44.9 Å². The van der Waals surface area contributed by atoms with Gasteiger partial charge in [-0.2, -0.15) is 0 Å². The molecule has 86 valence electrons. The molecule has 1 spiro atoms. The molecule has 3 nitrogen and oxygen atoms in total. The summed E-state index contributed by atoms with van der Waals surface area (Å²) in [5.41, 5.74) is 0.00928. The molecule has 0 N–H and O–H groups in total. The van der Waals surface area contributed by atoms with Gasteiger partial charge >= 0.3 is 5.97 Å². The van der Waals surface area contributed by atoms with Crippen molar-refractivity contribution in [2.45, 2.75) is 50.5 Å². The third-order valence-electron chi connectivity index (χ3n) is 3.79. The van der Waals surface area contributed by atoms with Crippen LogP contribution in [0.3, 0.4) is 0 Å². The monoisotopic (exact) mass is 212 g/mol. The minimum Gasteiger partial charge on any atom is -0.469 e. The number of rotatable bonds is 1. The number of ether oxygens (including phenoxy) is 2. The zero-order chi connectivity index (χ0) is 10.7. The Bertz CT molecular complexity index is 226. The van der Waals surface area contributed by atoms with Crippen LogP contribution < -0.4 is 0 Å². The lowest BCUT2D eigenvalue weighted by molar-refractivity contribution is -0.161. The van der Waals surface area contributed by atoms with Gasteiger partial charge in [0, 0.05) is 6.61 Å². The van der Waals surface area contributed by atoms with Gasteiger partial charge in [-0.1, -0.05) is 19.3 Å². The van der Waals surface area contributed by atoms with Crippen LogP contribution in [0.25, 0.3) is 0 Å². The van der Waals surface area contributed by atoms with Gasteiger partial charge in [-0.3, -0.25) is 4.79 Å². The molecule has 3 heteroatoms. The number of hydrogen-bond acceptors (Lipinski definition) is 3. The first-order valence-corrected chi connectivity index (χ1v) is 5.98. The molecule has 1 aliphatic heterocycles. The van der Waals surface area contributed by atoms with Crippen molar-refractivity contribution >= 4 is 5.97 Å². The van der Waals surface area contributed by atoms with Gasteiger partial charge in [0.05, 0.1) is 18.6 Å². The number of methoxy groups -OCH3 is 1. The van der Waals surface area contributed by atoms with E-state index in [1.807, 2.05) is 0 Å². The van der Waals surface area contributed by atoms with Crippen LogP contribution in [0.15, 0.2) is 0 Å². The topological polar surface area (TPSA) is 35.5 Å². The molecular weight excluding hydrogens is 192 g/mol. The maximum Gasteiger partial charge on any atom is 0.308 e. The average molecular weight is 212 g/mol. The van der Waals surface area contributed by atoms with Gasteiger partial charge in [0.2, 0.25) is 0 Å². The Labute approximate surface area is 91.1 Å². The van der Waals surface area contributed by atoms with E-state index in [9.17, 15) is 4.79 Å². The molecule has 0 aromatic carbocycles. The number of carbonyl (C=O) groups excluding carboxylic acids is 1. The molecule has 0 radical (unpaired) electrons. The summed E-state index contributed by atoms with van der Waals surface area (Å²) in [7, 11) is 1.48. The first-order chi connectivity index (χ1) is 7.26. The maximum absolute atomic E-state index is 11.5. The van der Waals surface area contributed by atoms with Gasteiger partial charge in [-0.05, 0) is 25.7 Å². The van der Waals surface area contributed by atoms with Crippen LogP contribution in [-0.4, -0.2) is 25.3 Å². The quantitative estimate of drug-likeness (QED) is 0.626. The maximum atomic E-state index is 11.5. The lowest BCUT2D eigenvalue weighted by atomic mass is 9.76. The Hall–Kier alpha value is -0.570. The fraction of sp³-hybridized carbons (Fsp3) is 0.917. The third-order valence-corrected chi connectivity index (χ3v) is 3.79. The second kappa shape index (κ2) is 4.52. The summed E-state index contributed by atoms with van der Waals surface area (Å²) in [5, 5.41) is 0. The van der Waals surface area contributed by atoms with Crippen molar-refractivity contribution in [3.8, 4) is 0 Å². The van der Waals surface area contributed by atoms with Gasteiger partial charge in [0.15, 0.2) is 0 Å². The summed E-state index contributed by atoms with van der Waals surface area (Å²) >= 11 is 0. The SMILES string of the molecule is COC(=O)C1CCOC2(CCCCC2)C1. The summed E-state index contributed by atoms with van der Waals surface area (Å²) in [4.78, 5) is 11.5. The highest BCUT2D eigenvalue weighted by Gasteiger charge is 2.40. The molecule has 0 amide bonds. The normalized spacial score (nSPS) is 30.1. The first-order valence-electron chi connectivity index (χ1n) is 5.98. The highest BCUT2D eigenvalue weighted by molar-refractivity contribution is 5.72. The van der Waals surface area contributed by atoms with Crippen LogP contribution in [0.2, 0.25) is 0 Å². The third kappa shape index (κ3) is 2.33. The van der Waals surface area contributed by atoms with Crippen molar-refractivity contribution in [3.05, 3.63) is 0 Å². The second-order valence-corrected chi connectivity index (χ2v) is 4.81. The summed E-state index contributed by atoms with van der Waals surface area (Å²) in [5.74, 6) is 0.0186. The summed E-state index contributed by atoms with van der Waals surface area (Å²) < 4.78 is 10.8. The van der Waals surface area contributed by atoms with E-state index in [0.717, 1.165) is 32.3 Å². The molecule has 0 bridgehead atoms. The fourth-order valence-corrected chi connectivity index (χ4v) is 2.94. The lowest BCUT2D eigenvalue weighted by Crippen LogP contribution is -2.43. The highest BCUT2D eigenvalue weighted by atomic mass is 16.5. The molecule has 1 saturated carbocycles. The summed E-state index contributed by atoms with van der Waals surface area (Å²) in [6.45, 7) is 0.722. The number of carbonyl (C=O) groups is 1. The molecule has 1 unspecified atom stereocenters. The van der Waals surface area contributed by atoms with E-state index < -0.39 is 0 Å². The lowest BCUT2D eigenvalue weighted by Gasteiger charge is -2.42. The summed E-state index contributed by atoms with van der Waals surface area (Å²) in [6, 6.07) is 0. The zero-order valence-corrected chi connectivity index (χ0v) is 9.46. The fourth-order valence-electron chi connectivity index (χ4n) is 2.94. The Morgan fingerprint density at radius 3 is 2.73 bits per heavy atom. The van der Waals surface area contributed by atoms with Crippen molar-refractivity contribution in [3.63, 3.8) is 0 Å². The average Bonchev–Trinajstić information content (AvgIpc) is 2.29. The van der Waals surface area contributed by atoms with Crippen LogP contribution in [-0.2, 0) is 14.3 Å². The van der Waals surface area contributed by atoms with Gasteiger partial charge in [-0.15, -0.1) is 0 Å². The van der Waals surface area contributed by atoms with Crippen molar-refractivity contribution in [1.82, 2.24) is 0 Å². The van der Waals surface area contributed by atoms with E-state index in [4.69, 9.17) is 9.47 Å². The summed E-state index contributed by atoms with van der Waals surface area (Å²) in [6.07, 6.45) is 7.75. The Morgan fingerprint density at radius 1 is 1.33 bits per heavy atom. The number of hydrogen-bond donors (Lipinski definition) is 0. The smallest absolute Gasteiger partial charge is 0.308 e. The van der Waals surface area contributed by atoms with Gasteiger partial charge in [-0.25, -0.2) is 0 Å². The van der Waals surface area contributed by atoms with Crippen molar-refractivity contribution in [2.24, 2.45) is 5.92 Å². The Morgan fingerprint density at radius 2 is 2.07 bits per heavy atom. The predicted molar refractivity (Wildman–Crippen MR) is 56.5 cm³/mol. The minimum absolute atomic E-state index is 0.00928. The standard InChI is InChI=1S/C12H20O3/c1-14-11(13)10-5-8-15-12(9-10)6-3-2-4-7-12/h10H,2-9H2,1H3. The molecule has 1 aliphatic carbocycles.